The fraction of sp³-hybridized carbons (Fsp3) is 0.440. The van der Waals surface area contributed by atoms with Crippen molar-refractivity contribution in [3.8, 4) is 5.75 Å². The van der Waals surface area contributed by atoms with Gasteiger partial charge in [-0.1, -0.05) is 42.5 Å². The Bertz CT molecular complexity index is 871. The summed E-state index contributed by atoms with van der Waals surface area (Å²) in [5, 5.41) is 5.97. The van der Waals surface area contributed by atoms with Gasteiger partial charge in [-0.15, -0.1) is 0 Å². The molecule has 2 fully saturated rings. The zero-order valence-corrected chi connectivity index (χ0v) is 18.0. The lowest BCUT2D eigenvalue weighted by Crippen LogP contribution is -2.52. The predicted octanol–water partition coefficient (Wildman–Crippen LogP) is 3.68. The van der Waals surface area contributed by atoms with Crippen molar-refractivity contribution in [2.24, 2.45) is 5.92 Å². The minimum atomic E-state index is -0.154. The van der Waals surface area contributed by atoms with Gasteiger partial charge in [-0.25, -0.2) is 4.79 Å². The summed E-state index contributed by atoms with van der Waals surface area (Å²) in [6, 6.07) is 18.0. The van der Waals surface area contributed by atoms with Crippen LogP contribution in [0, 0.1) is 5.92 Å². The minimum absolute atomic E-state index is 0.0946. The first-order chi connectivity index (χ1) is 15.1. The van der Waals surface area contributed by atoms with Crippen LogP contribution in [0.5, 0.6) is 5.75 Å². The van der Waals surface area contributed by atoms with E-state index in [9.17, 15) is 9.59 Å². The van der Waals surface area contributed by atoms with Crippen LogP contribution >= 0.6 is 0 Å². The first-order valence-electron chi connectivity index (χ1n) is 11.1. The molecule has 2 N–H and O–H groups in total. The molecule has 0 radical (unpaired) electrons. The summed E-state index contributed by atoms with van der Waals surface area (Å²) < 4.78 is 5.15. The molecule has 31 heavy (non-hydrogen) atoms. The molecule has 1 saturated carbocycles. The van der Waals surface area contributed by atoms with Gasteiger partial charge in [0, 0.05) is 37.5 Å². The molecule has 0 spiro atoms. The Labute approximate surface area is 184 Å². The highest BCUT2D eigenvalue weighted by Gasteiger charge is 2.36. The van der Waals surface area contributed by atoms with E-state index in [-0.39, 0.29) is 23.9 Å². The number of ether oxygens (including phenoxy) is 1. The second-order valence-electron chi connectivity index (χ2n) is 8.57. The van der Waals surface area contributed by atoms with Gasteiger partial charge in [0.05, 0.1) is 7.11 Å². The number of urea groups is 1. The van der Waals surface area contributed by atoms with Gasteiger partial charge in [-0.3, -0.25) is 4.79 Å². The van der Waals surface area contributed by atoms with Crippen molar-refractivity contribution in [1.82, 2.24) is 15.5 Å². The van der Waals surface area contributed by atoms with E-state index in [0.717, 1.165) is 50.1 Å². The summed E-state index contributed by atoms with van der Waals surface area (Å²) in [5.41, 5.74) is 2.34. The molecule has 2 aromatic carbocycles. The molecule has 0 atom stereocenters. The summed E-state index contributed by atoms with van der Waals surface area (Å²) in [6.45, 7) is 2.13. The summed E-state index contributed by atoms with van der Waals surface area (Å²) >= 11 is 0. The molecule has 1 heterocycles. The lowest BCUT2D eigenvalue weighted by atomic mass is 9.83. The Morgan fingerprint density at radius 3 is 2.29 bits per heavy atom. The van der Waals surface area contributed by atoms with E-state index in [4.69, 9.17) is 4.74 Å². The molecule has 6 nitrogen and oxygen atoms in total. The molecule has 1 aliphatic heterocycles. The van der Waals surface area contributed by atoms with Crippen LogP contribution in [0.25, 0.3) is 0 Å². The molecule has 6 heteroatoms. The molecule has 164 valence electrons. The second kappa shape index (κ2) is 9.86. The second-order valence-corrected chi connectivity index (χ2v) is 8.57. The first kappa shape index (κ1) is 21.2. The number of carbonyl (C=O) groups excluding carboxylic acids is 2. The maximum atomic E-state index is 12.8. The first-order valence-corrected chi connectivity index (χ1v) is 11.1. The van der Waals surface area contributed by atoms with Crippen molar-refractivity contribution in [2.75, 3.05) is 20.2 Å². The van der Waals surface area contributed by atoms with E-state index >= 15 is 0 Å². The normalized spacial score (nSPS) is 21.1. The number of hydrogen-bond donors (Lipinski definition) is 2. The lowest BCUT2D eigenvalue weighted by Gasteiger charge is -2.42. The topological polar surface area (TPSA) is 70.7 Å². The molecule has 1 saturated heterocycles. The van der Waals surface area contributed by atoms with Crippen LogP contribution in [0.4, 0.5) is 4.79 Å². The Morgan fingerprint density at radius 2 is 1.65 bits per heavy atom. The highest BCUT2D eigenvalue weighted by Crippen LogP contribution is 2.32. The summed E-state index contributed by atoms with van der Waals surface area (Å²) in [6.07, 6.45) is 3.38. The van der Waals surface area contributed by atoms with Crippen molar-refractivity contribution in [1.29, 1.82) is 0 Å². The Morgan fingerprint density at radius 1 is 0.968 bits per heavy atom. The quantitative estimate of drug-likeness (QED) is 0.748. The maximum absolute atomic E-state index is 12.8. The van der Waals surface area contributed by atoms with Gasteiger partial charge < -0.3 is 20.3 Å². The van der Waals surface area contributed by atoms with E-state index in [1.165, 1.54) is 5.56 Å². The van der Waals surface area contributed by atoms with Gasteiger partial charge in [0.1, 0.15) is 5.75 Å². The van der Waals surface area contributed by atoms with Crippen molar-refractivity contribution in [3.63, 3.8) is 0 Å². The number of likely N-dealkylation sites (tertiary alicyclic amines) is 1. The number of methoxy groups -OCH3 is 1. The third-order valence-corrected chi connectivity index (χ3v) is 6.49. The van der Waals surface area contributed by atoms with Crippen LogP contribution in [-0.4, -0.2) is 43.1 Å². The standard InChI is InChI=1S/C25H31N3O3/c1-31-23-13-7-18(8-14-23)15-26-25(30)27-22-11-9-20(10-12-22)24(29)28-16-21(17-28)19-5-3-2-4-6-19/h2-8,13-14,20-22H,9-12,15-17H2,1H3,(H2,26,27,30). The zero-order chi connectivity index (χ0) is 21.6. The third kappa shape index (κ3) is 5.37. The SMILES string of the molecule is COc1ccc(CNC(=O)NC2CCC(C(=O)N3CC(c4ccccc4)C3)CC2)cc1. The number of hydrogen-bond acceptors (Lipinski definition) is 3. The van der Waals surface area contributed by atoms with Crippen LogP contribution in [0.15, 0.2) is 54.6 Å². The molecule has 0 aromatic heterocycles. The molecule has 0 unspecified atom stereocenters. The number of nitrogens with zero attached hydrogens (tertiary/aromatic N) is 1. The fourth-order valence-electron chi connectivity index (χ4n) is 4.50. The van der Waals surface area contributed by atoms with Crippen LogP contribution in [0.3, 0.4) is 0 Å². The van der Waals surface area contributed by atoms with E-state index in [2.05, 4.69) is 34.9 Å². The third-order valence-electron chi connectivity index (χ3n) is 6.49. The zero-order valence-electron chi connectivity index (χ0n) is 18.0. The highest BCUT2D eigenvalue weighted by atomic mass is 16.5. The monoisotopic (exact) mass is 421 g/mol. The molecule has 2 aliphatic rings. The molecule has 0 bridgehead atoms. The van der Waals surface area contributed by atoms with Crippen molar-refractivity contribution < 1.29 is 14.3 Å². The van der Waals surface area contributed by atoms with E-state index in [1.807, 2.05) is 35.2 Å². The molecule has 2 aromatic rings. The van der Waals surface area contributed by atoms with Gasteiger partial charge >= 0.3 is 6.03 Å². The molecule has 1 aliphatic carbocycles. The maximum Gasteiger partial charge on any atom is 0.315 e. The van der Waals surface area contributed by atoms with E-state index < -0.39 is 0 Å². The summed E-state index contributed by atoms with van der Waals surface area (Å²) in [4.78, 5) is 27.0. The number of rotatable bonds is 6. The summed E-state index contributed by atoms with van der Waals surface area (Å²) in [7, 11) is 1.63. The van der Waals surface area contributed by atoms with Crippen molar-refractivity contribution in [3.05, 3.63) is 65.7 Å². The Kier molecular flexibility index (Phi) is 6.75. The smallest absolute Gasteiger partial charge is 0.315 e. The van der Waals surface area contributed by atoms with Gasteiger partial charge in [0.25, 0.3) is 0 Å². The Hall–Kier alpha value is -3.02. The number of amides is 3. The van der Waals surface area contributed by atoms with Gasteiger partial charge in [0.15, 0.2) is 0 Å². The van der Waals surface area contributed by atoms with Gasteiger partial charge in [0.2, 0.25) is 5.91 Å². The average molecular weight is 422 g/mol. The Balaban J connectivity index is 1.15. The molecular formula is C25H31N3O3. The predicted molar refractivity (Wildman–Crippen MR) is 120 cm³/mol. The van der Waals surface area contributed by atoms with Gasteiger partial charge in [-0.05, 0) is 48.9 Å². The largest absolute Gasteiger partial charge is 0.497 e. The number of nitrogens with one attached hydrogen (secondary N) is 2. The molecule has 4 rings (SSSR count). The van der Waals surface area contributed by atoms with Crippen LogP contribution < -0.4 is 15.4 Å². The number of carbonyl (C=O) groups is 2. The molecule has 3 amide bonds. The lowest BCUT2D eigenvalue weighted by molar-refractivity contribution is -0.141. The minimum Gasteiger partial charge on any atom is -0.497 e. The van der Waals surface area contributed by atoms with Crippen LogP contribution in [0.2, 0.25) is 0 Å². The van der Waals surface area contributed by atoms with Gasteiger partial charge in [-0.2, -0.15) is 0 Å². The number of benzene rings is 2. The van der Waals surface area contributed by atoms with Crippen LogP contribution in [0.1, 0.15) is 42.7 Å². The van der Waals surface area contributed by atoms with Crippen molar-refractivity contribution in [2.45, 2.75) is 44.2 Å². The highest BCUT2D eigenvalue weighted by molar-refractivity contribution is 5.80. The summed E-state index contributed by atoms with van der Waals surface area (Å²) in [5.74, 6) is 1.65. The van der Waals surface area contributed by atoms with E-state index in [0.29, 0.717) is 12.5 Å². The van der Waals surface area contributed by atoms with Crippen LogP contribution in [-0.2, 0) is 11.3 Å². The molecular weight excluding hydrogens is 390 g/mol. The van der Waals surface area contributed by atoms with E-state index in [1.54, 1.807) is 7.11 Å². The van der Waals surface area contributed by atoms with Crippen molar-refractivity contribution >= 4 is 11.9 Å². The average Bonchev–Trinajstić information content (AvgIpc) is 2.78. The fourth-order valence-corrected chi connectivity index (χ4v) is 4.50.